The summed E-state index contributed by atoms with van der Waals surface area (Å²) in [5, 5.41) is 13.1. The summed E-state index contributed by atoms with van der Waals surface area (Å²) in [4.78, 5) is 25.2. The minimum atomic E-state index is -0.670. The third-order valence-electron chi connectivity index (χ3n) is 4.21. The van der Waals surface area contributed by atoms with E-state index in [4.69, 9.17) is 28.9 Å². The number of aliphatic hydroxyl groups excluding tert-OH is 1. The second-order valence-electron chi connectivity index (χ2n) is 6.10. The Bertz CT molecular complexity index is 1270. The quantitative estimate of drug-likeness (QED) is 0.456. The van der Waals surface area contributed by atoms with E-state index in [-0.39, 0.29) is 39.8 Å². The molecule has 0 unspecified atom stereocenters. The number of fused-ring (bicyclic) bond motifs is 1. The van der Waals surface area contributed by atoms with Gasteiger partial charge in [-0.3, -0.25) is 0 Å². The summed E-state index contributed by atoms with van der Waals surface area (Å²) in [5.74, 6) is 0.302. The number of hydrogen-bond donors (Lipinski definition) is 3. The van der Waals surface area contributed by atoms with E-state index in [0.29, 0.717) is 11.1 Å². The normalized spacial score (nSPS) is 11.0. The van der Waals surface area contributed by atoms with Crippen LogP contribution in [0.2, 0.25) is 10.0 Å². The zero-order chi connectivity index (χ0) is 20.5. The fourth-order valence-corrected chi connectivity index (χ4v) is 3.42. The van der Waals surface area contributed by atoms with Crippen LogP contribution >= 0.6 is 23.2 Å². The Balaban J connectivity index is 1.81. The predicted molar refractivity (Wildman–Crippen MR) is 113 cm³/mol. The summed E-state index contributed by atoms with van der Waals surface area (Å²) in [5.41, 5.74) is 7.33. The molecule has 0 bridgehead atoms. The van der Waals surface area contributed by atoms with Gasteiger partial charge in [0, 0.05) is 11.9 Å². The Morgan fingerprint density at radius 3 is 2.55 bits per heavy atom. The van der Waals surface area contributed by atoms with Crippen molar-refractivity contribution in [2.24, 2.45) is 0 Å². The van der Waals surface area contributed by atoms with Crippen molar-refractivity contribution in [1.82, 2.24) is 19.5 Å². The maximum atomic E-state index is 12.7. The van der Waals surface area contributed by atoms with Crippen LogP contribution < -0.4 is 16.7 Å². The third-order valence-corrected chi connectivity index (χ3v) is 4.82. The van der Waals surface area contributed by atoms with Gasteiger partial charge in [-0.2, -0.15) is 9.97 Å². The number of benzene rings is 2. The summed E-state index contributed by atoms with van der Waals surface area (Å²) in [6, 6.07) is 12.0. The number of aliphatic hydroxyl groups is 1. The number of hydrogen-bond acceptors (Lipinski definition) is 7. The molecule has 4 rings (SSSR count). The highest BCUT2D eigenvalue weighted by atomic mass is 35.5. The molecular formula is C19H14Cl2N6O2. The lowest BCUT2D eigenvalue weighted by atomic mass is 10.2. The first-order valence-electron chi connectivity index (χ1n) is 8.44. The number of para-hydroxylation sites is 1. The smallest absolute Gasteiger partial charge is 0.355 e. The van der Waals surface area contributed by atoms with Gasteiger partial charge in [0.15, 0.2) is 5.65 Å². The van der Waals surface area contributed by atoms with Gasteiger partial charge in [-0.05, 0) is 29.8 Å². The van der Waals surface area contributed by atoms with Gasteiger partial charge < -0.3 is 16.2 Å². The van der Waals surface area contributed by atoms with E-state index in [9.17, 15) is 9.90 Å². The van der Waals surface area contributed by atoms with Crippen molar-refractivity contribution in [3.63, 3.8) is 0 Å². The van der Waals surface area contributed by atoms with Crippen molar-refractivity contribution in [1.29, 1.82) is 0 Å². The molecule has 0 aliphatic heterocycles. The van der Waals surface area contributed by atoms with Gasteiger partial charge in [0.2, 0.25) is 5.95 Å². The van der Waals surface area contributed by atoms with Crippen LogP contribution in [0.25, 0.3) is 16.7 Å². The number of anilines is 3. The van der Waals surface area contributed by atoms with Crippen LogP contribution in [0.1, 0.15) is 5.56 Å². The van der Waals surface area contributed by atoms with E-state index in [1.807, 2.05) is 0 Å². The highest BCUT2D eigenvalue weighted by molar-refractivity contribution is 6.37. The van der Waals surface area contributed by atoms with Gasteiger partial charge in [-0.25, -0.2) is 14.3 Å². The van der Waals surface area contributed by atoms with Gasteiger partial charge in [0.25, 0.3) is 0 Å². The summed E-state index contributed by atoms with van der Waals surface area (Å²) in [6.07, 6.45) is 1.46. The average Bonchev–Trinajstić information content (AvgIpc) is 2.70. The second kappa shape index (κ2) is 7.67. The number of halogens is 2. The molecule has 2 aromatic carbocycles. The molecule has 0 fully saturated rings. The summed E-state index contributed by atoms with van der Waals surface area (Å²) in [6.45, 7) is -0.0870. The van der Waals surface area contributed by atoms with Crippen molar-refractivity contribution < 1.29 is 5.11 Å². The van der Waals surface area contributed by atoms with Gasteiger partial charge in [-0.1, -0.05) is 41.4 Å². The summed E-state index contributed by atoms with van der Waals surface area (Å²) in [7, 11) is 0. The Morgan fingerprint density at radius 1 is 1.10 bits per heavy atom. The van der Waals surface area contributed by atoms with Crippen molar-refractivity contribution >= 4 is 51.7 Å². The maximum Gasteiger partial charge on any atom is 0.355 e. The Labute approximate surface area is 174 Å². The van der Waals surface area contributed by atoms with Crippen LogP contribution in [-0.2, 0) is 6.61 Å². The minimum Gasteiger partial charge on any atom is -0.392 e. The van der Waals surface area contributed by atoms with Crippen molar-refractivity contribution in [2.45, 2.75) is 6.61 Å². The van der Waals surface area contributed by atoms with E-state index in [0.717, 1.165) is 10.1 Å². The lowest BCUT2D eigenvalue weighted by Gasteiger charge is -2.14. The van der Waals surface area contributed by atoms with Gasteiger partial charge in [0.05, 0.1) is 27.7 Å². The van der Waals surface area contributed by atoms with E-state index < -0.39 is 5.69 Å². The molecule has 146 valence electrons. The average molecular weight is 429 g/mol. The van der Waals surface area contributed by atoms with Crippen LogP contribution in [0.4, 0.5) is 17.5 Å². The fraction of sp³-hybridized carbons (Fsp3) is 0.0526. The standard InChI is InChI=1S/C19H14Cl2N6O2/c20-13-5-2-6-14(21)15(13)27-16(22)12-8-23-18(25-17(12)26-19(27)29)24-11-4-1-3-10(7-11)9-28/h1-8,28H,9,22H2,(H,24,25,26,29). The highest BCUT2D eigenvalue weighted by Gasteiger charge is 2.17. The number of nitrogens with two attached hydrogens (primary N) is 1. The molecule has 0 aliphatic carbocycles. The molecule has 0 radical (unpaired) electrons. The Kier molecular flexibility index (Phi) is 5.06. The highest BCUT2D eigenvalue weighted by Crippen LogP contribution is 2.30. The molecule has 0 amide bonds. The molecule has 0 saturated carbocycles. The Morgan fingerprint density at radius 2 is 1.83 bits per heavy atom. The van der Waals surface area contributed by atoms with Gasteiger partial charge >= 0.3 is 5.69 Å². The third kappa shape index (κ3) is 3.61. The number of nitrogens with one attached hydrogen (secondary N) is 1. The van der Waals surface area contributed by atoms with E-state index in [2.05, 4.69) is 20.3 Å². The molecule has 0 aliphatic rings. The fourth-order valence-electron chi connectivity index (χ4n) is 2.86. The molecule has 4 N–H and O–H groups in total. The molecule has 2 aromatic heterocycles. The molecule has 29 heavy (non-hydrogen) atoms. The lowest BCUT2D eigenvalue weighted by Crippen LogP contribution is -2.25. The van der Waals surface area contributed by atoms with Crippen LogP contribution in [0.15, 0.2) is 53.5 Å². The topological polar surface area (TPSA) is 119 Å². The maximum absolute atomic E-state index is 12.7. The predicted octanol–water partition coefficient (Wildman–Crippen LogP) is 3.30. The van der Waals surface area contributed by atoms with Crippen molar-refractivity contribution in [3.8, 4) is 5.69 Å². The molecule has 0 spiro atoms. The lowest BCUT2D eigenvalue weighted by molar-refractivity contribution is 0.282. The van der Waals surface area contributed by atoms with E-state index >= 15 is 0 Å². The van der Waals surface area contributed by atoms with Gasteiger partial charge in [0.1, 0.15) is 5.82 Å². The van der Waals surface area contributed by atoms with Gasteiger partial charge in [-0.15, -0.1) is 0 Å². The minimum absolute atomic E-state index is 0.0730. The number of nitrogen functional groups attached to an aromatic ring is 1. The first-order valence-corrected chi connectivity index (χ1v) is 9.20. The Hall–Kier alpha value is -3.20. The SMILES string of the molecule is Nc1c2cnc(Nc3cccc(CO)c3)nc2nc(=O)n1-c1c(Cl)cccc1Cl. The summed E-state index contributed by atoms with van der Waals surface area (Å²) < 4.78 is 1.13. The van der Waals surface area contributed by atoms with Crippen LogP contribution in [0, 0.1) is 0 Å². The zero-order valence-electron chi connectivity index (χ0n) is 14.8. The van der Waals surface area contributed by atoms with Crippen LogP contribution in [0.5, 0.6) is 0 Å². The second-order valence-corrected chi connectivity index (χ2v) is 6.91. The molecular weight excluding hydrogens is 415 g/mol. The van der Waals surface area contributed by atoms with Crippen LogP contribution in [-0.4, -0.2) is 24.6 Å². The summed E-state index contributed by atoms with van der Waals surface area (Å²) >= 11 is 12.4. The van der Waals surface area contributed by atoms with Crippen LogP contribution in [0.3, 0.4) is 0 Å². The molecule has 0 atom stereocenters. The van der Waals surface area contributed by atoms with Crippen molar-refractivity contribution in [3.05, 3.63) is 74.8 Å². The first-order chi connectivity index (χ1) is 14.0. The number of rotatable bonds is 4. The molecule has 10 heteroatoms. The number of aromatic nitrogens is 4. The monoisotopic (exact) mass is 428 g/mol. The number of nitrogens with zero attached hydrogens (tertiary/aromatic N) is 4. The van der Waals surface area contributed by atoms with E-state index in [1.165, 1.54) is 6.20 Å². The zero-order valence-corrected chi connectivity index (χ0v) is 16.3. The molecule has 0 saturated heterocycles. The molecule has 8 nitrogen and oxygen atoms in total. The molecule has 2 heterocycles. The first kappa shape index (κ1) is 19.1. The largest absolute Gasteiger partial charge is 0.392 e. The van der Waals surface area contributed by atoms with E-state index in [1.54, 1.807) is 42.5 Å². The van der Waals surface area contributed by atoms with Crippen molar-refractivity contribution in [2.75, 3.05) is 11.1 Å². The molecule has 4 aromatic rings.